The molecule has 4 aliphatic heterocycles. The fourth-order valence-electron chi connectivity index (χ4n) is 16.5. The van der Waals surface area contributed by atoms with Crippen LogP contribution < -0.4 is 26.7 Å². The van der Waals surface area contributed by atoms with E-state index in [2.05, 4.69) is 24.5 Å². The van der Waals surface area contributed by atoms with Crippen LogP contribution in [0.5, 0.6) is 5.75 Å². The molecule has 8 N–H and O–H groups in total. The minimum absolute atomic E-state index is 0.0374. The zero-order valence-corrected chi connectivity index (χ0v) is 47.5. The Balaban J connectivity index is 1.05. The van der Waals surface area contributed by atoms with Crippen LogP contribution in [-0.4, -0.2) is 122 Å². The number of allylic oxidation sites excluding steroid dienone is 3. The van der Waals surface area contributed by atoms with Crippen molar-refractivity contribution < 1.29 is 48.7 Å². The van der Waals surface area contributed by atoms with E-state index in [1.165, 1.54) is 0 Å². The predicted octanol–water partition coefficient (Wildman–Crippen LogP) is 6.83. The first-order valence-electron chi connectivity index (χ1n) is 28.9. The molecule has 5 aliphatic carbocycles. The van der Waals surface area contributed by atoms with Gasteiger partial charge in [-0.3, -0.25) is 9.59 Å². The molecule has 1 amide bonds. The van der Waals surface area contributed by atoms with E-state index in [1.54, 1.807) is 46.7 Å². The molecule has 15 atom stereocenters. The average Bonchev–Trinajstić information content (AvgIpc) is 4.00. The lowest BCUT2D eigenvalue weighted by Crippen LogP contribution is -2.75. The van der Waals surface area contributed by atoms with Crippen LogP contribution in [0.2, 0.25) is 0 Å². The molecule has 78 heavy (non-hydrogen) atoms. The van der Waals surface area contributed by atoms with Gasteiger partial charge in [0.25, 0.3) is 0 Å². The summed E-state index contributed by atoms with van der Waals surface area (Å²) in [6.07, 6.45) is 16.7. The van der Waals surface area contributed by atoms with Crippen molar-refractivity contribution in [3.63, 3.8) is 0 Å². The highest BCUT2D eigenvalue weighted by atomic mass is 33.1. The molecule has 422 valence electrons. The Hall–Kier alpha value is -4.36. The van der Waals surface area contributed by atoms with Gasteiger partial charge >= 0.3 is 11.6 Å². The minimum atomic E-state index is -1.61. The molecule has 0 radical (unpaired) electrons. The van der Waals surface area contributed by atoms with Gasteiger partial charge in [-0.15, -0.1) is 0 Å². The Bertz CT molecular complexity index is 2930. The van der Waals surface area contributed by atoms with Crippen molar-refractivity contribution >= 4 is 50.2 Å². The number of hydrogen-bond acceptors (Lipinski definition) is 16. The molecule has 2 bridgehead atoms. The minimum Gasteiger partial charge on any atom is -0.481 e. The number of benzene rings is 1. The van der Waals surface area contributed by atoms with Gasteiger partial charge in [0.2, 0.25) is 5.91 Å². The van der Waals surface area contributed by atoms with Gasteiger partial charge in [0, 0.05) is 88.8 Å². The summed E-state index contributed by atoms with van der Waals surface area (Å²) in [7, 11) is 5.26. The molecular formula is C61H80N4O11S2. The van der Waals surface area contributed by atoms with Gasteiger partial charge in [-0.05, 0) is 137 Å². The van der Waals surface area contributed by atoms with Gasteiger partial charge in [-0.2, -0.15) is 0 Å². The van der Waals surface area contributed by atoms with Crippen molar-refractivity contribution in [2.45, 2.75) is 170 Å². The summed E-state index contributed by atoms with van der Waals surface area (Å²) in [4.78, 5) is 60.4. The summed E-state index contributed by atoms with van der Waals surface area (Å²) in [5.41, 5.74) is 6.92. The van der Waals surface area contributed by atoms with E-state index in [4.69, 9.17) is 19.6 Å². The van der Waals surface area contributed by atoms with Crippen LogP contribution in [-0.2, 0) is 31.0 Å². The Morgan fingerprint density at radius 2 is 1.92 bits per heavy atom. The summed E-state index contributed by atoms with van der Waals surface area (Å²) in [6, 6.07) is 5.37. The van der Waals surface area contributed by atoms with E-state index in [-0.39, 0.29) is 96.7 Å². The van der Waals surface area contributed by atoms with Crippen LogP contribution in [0.25, 0.3) is 11.0 Å². The fraction of sp³-hybridized carbons (Fsp3) is 0.639. The number of esters is 1. The number of ketones is 1. The van der Waals surface area contributed by atoms with Crippen molar-refractivity contribution in [1.29, 1.82) is 0 Å². The molecule has 1 aromatic carbocycles. The number of carbonyl (C=O) groups is 3. The number of aliphatic hydroxyl groups excluding tert-OH is 4. The molecule has 11 rings (SSSR count). The molecule has 15 unspecified atom stereocenters. The Morgan fingerprint density at radius 1 is 1.10 bits per heavy atom. The lowest BCUT2D eigenvalue weighted by Gasteiger charge is -2.62. The number of ether oxygens (including phenoxy) is 2. The Morgan fingerprint density at radius 3 is 2.68 bits per heavy atom. The maximum absolute atomic E-state index is 15.2. The van der Waals surface area contributed by atoms with Crippen molar-refractivity contribution in [2.24, 2.45) is 47.2 Å². The summed E-state index contributed by atoms with van der Waals surface area (Å²) in [5.74, 6) is -0.654. The Kier molecular flexibility index (Phi) is 15.6. The van der Waals surface area contributed by atoms with Crippen molar-refractivity contribution in [1.82, 2.24) is 15.5 Å². The smallest absolute Gasteiger partial charge is 0.340 e. The monoisotopic (exact) mass is 1110 g/mol. The number of dihydropyridines is 1. The first-order chi connectivity index (χ1) is 37.5. The lowest BCUT2D eigenvalue weighted by molar-refractivity contribution is -0.202. The number of carbonyl (C=O) groups excluding carboxylic acids is 3. The molecular weight excluding hydrogens is 1030 g/mol. The molecule has 5 heterocycles. The number of rotatable bonds is 13. The van der Waals surface area contributed by atoms with E-state index < -0.39 is 58.9 Å². The second kappa shape index (κ2) is 21.8. The van der Waals surface area contributed by atoms with E-state index in [9.17, 15) is 34.8 Å². The van der Waals surface area contributed by atoms with Gasteiger partial charge in [-0.1, -0.05) is 72.1 Å². The third kappa shape index (κ3) is 9.15. The maximum atomic E-state index is 15.2. The first-order valence-corrected chi connectivity index (χ1v) is 31.3. The summed E-state index contributed by atoms with van der Waals surface area (Å²) in [5, 5.41) is 52.3. The van der Waals surface area contributed by atoms with E-state index in [0.717, 1.165) is 60.8 Å². The van der Waals surface area contributed by atoms with Crippen molar-refractivity contribution in [3.8, 4) is 5.75 Å². The van der Waals surface area contributed by atoms with E-state index in [1.807, 2.05) is 49.2 Å². The number of nitrogens with two attached hydrogens (primary N) is 1. The van der Waals surface area contributed by atoms with Crippen molar-refractivity contribution in [3.05, 3.63) is 98.2 Å². The van der Waals surface area contributed by atoms with Gasteiger partial charge < -0.3 is 55.6 Å². The van der Waals surface area contributed by atoms with Crippen LogP contribution in [0.3, 0.4) is 0 Å². The van der Waals surface area contributed by atoms with Crippen LogP contribution in [0.1, 0.15) is 122 Å². The summed E-state index contributed by atoms with van der Waals surface area (Å²) < 4.78 is 20.9. The highest BCUT2D eigenvalue weighted by molar-refractivity contribution is 8.77. The molecule has 4 fully saturated rings. The van der Waals surface area contributed by atoms with E-state index >= 15 is 4.79 Å². The van der Waals surface area contributed by atoms with Crippen LogP contribution >= 0.6 is 21.6 Å². The predicted molar refractivity (Wildman–Crippen MR) is 302 cm³/mol. The molecule has 15 nitrogen and oxygen atoms in total. The quantitative estimate of drug-likeness (QED) is 0.0358. The second-order valence-corrected chi connectivity index (χ2v) is 27.3. The van der Waals surface area contributed by atoms with Crippen molar-refractivity contribution in [2.75, 3.05) is 32.6 Å². The van der Waals surface area contributed by atoms with E-state index in [0.29, 0.717) is 71.9 Å². The number of nitrogens with zero attached hydrogens (tertiary/aromatic N) is 1. The molecule has 1 aromatic heterocycles. The number of amides is 1. The zero-order chi connectivity index (χ0) is 55.0. The molecule has 1 saturated heterocycles. The van der Waals surface area contributed by atoms with Crippen LogP contribution in [0.15, 0.2) is 85.9 Å². The normalized spacial score (nSPS) is 36.6. The number of aliphatic hydroxyl groups is 4. The topological polar surface area (TPSA) is 234 Å². The molecule has 3 saturated carbocycles. The number of fused-ring (bicyclic) bond motifs is 8. The summed E-state index contributed by atoms with van der Waals surface area (Å²) in [6.45, 7) is 7.41. The first kappa shape index (κ1) is 55.5. The highest BCUT2D eigenvalue weighted by Gasteiger charge is 2.68. The second-order valence-electron chi connectivity index (χ2n) is 24.7. The maximum Gasteiger partial charge on any atom is 0.340 e. The van der Waals surface area contributed by atoms with Gasteiger partial charge in [-0.25, -0.2) is 9.59 Å². The average molecular weight is 1110 g/mol. The number of hydrogen-bond donors (Lipinski definition) is 7. The van der Waals surface area contributed by atoms with Gasteiger partial charge in [0.05, 0.1) is 49.1 Å². The molecule has 2 aromatic rings. The molecule has 1 spiro atoms. The summed E-state index contributed by atoms with van der Waals surface area (Å²) >= 11 is 0. The van der Waals surface area contributed by atoms with Gasteiger partial charge in [0.1, 0.15) is 11.3 Å². The fourth-order valence-corrected chi connectivity index (χ4v) is 19.6. The standard InChI is InChI=1S/C61H80N4O11S2/c1-6-33(18-20-66)57(72)76-59(4)39(30-67)22-37-31-77-78-50-25-42-46(69)17-15-45-53(55(42)63-5)56(50)65(45)52(71)24-36-29-64-51(62)26-41(36)54(37)61(59)28-35-21-34-23-44(58(73)74-48(34)27-49(35)75-61)60-19-8-7-9-38(60)11-16-47(70)43(60)14-13-40(68)12-10-32(2)3/h6,15,17,21-23,26-27,32,38-40,42-43,45,47,50,53-56,63-64,66-68,70H,7-14,16,18-20,24-25,28-31,62H2,1-5H3. The van der Waals surface area contributed by atoms with Crippen LogP contribution in [0.4, 0.5) is 0 Å². The SMILES string of the molecule is CC=C(CCO)C(=O)OC1(C)C(CO)C=C2CSSC3CC4C(=O)C=CC5C(C4NC)C3N5C(=O)CC3=C(C=C(N)NC3)C2C12Cc1cc3cc(C45CCCCC4CCC(O)C5CCC(O)CCC(C)C)c(=O)oc3cc1O2. The largest absolute Gasteiger partial charge is 0.481 e. The highest BCUT2D eigenvalue weighted by Crippen LogP contribution is 2.61. The Labute approximate surface area is 465 Å². The zero-order valence-electron chi connectivity index (χ0n) is 45.8. The van der Waals surface area contributed by atoms with Crippen LogP contribution in [0, 0.1) is 41.4 Å². The third-order valence-corrected chi connectivity index (χ3v) is 23.1. The lowest BCUT2D eigenvalue weighted by atomic mass is 9.50. The molecule has 17 heteroatoms. The van der Waals surface area contributed by atoms with Gasteiger partial charge in [0.15, 0.2) is 17.0 Å². The number of nitrogens with one attached hydrogen (secondary N) is 2. The third-order valence-electron chi connectivity index (χ3n) is 20.3. The molecule has 9 aliphatic rings.